The van der Waals surface area contributed by atoms with E-state index >= 15 is 0 Å². The minimum Gasteiger partial charge on any atom is -0.457 e. The first-order valence-electron chi connectivity index (χ1n) is 9.08. The van der Waals surface area contributed by atoms with Crippen LogP contribution in [0.4, 0.5) is 18.0 Å². The molecule has 0 saturated carbocycles. The summed E-state index contributed by atoms with van der Waals surface area (Å²) >= 11 is 0. The van der Waals surface area contributed by atoms with Crippen LogP contribution in [0.3, 0.4) is 0 Å². The van der Waals surface area contributed by atoms with Crippen molar-refractivity contribution in [3.05, 3.63) is 59.2 Å². The van der Waals surface area contributed by atoms with Crippen LogP contribution >= 0.6 is 0 Å². The molecule has 0 atom stereocenters. The molecule has 0 radical (unpaired) electrons. The number of carbonyl (C=O) groups is 1. The number of rotatable bonds is 3. The number of fused-ring (bicyclic) bond motifs is 1. The molecule has 1 fully saturated rings. The summed E-state index contributed by atoms with van der Waals surface area (Å²) in [7, 11) is 0. The molecule has 2 aliphatic rings. The number of hydrogen-bond donors (Lipinski definition) is 0. The lowest BCUT2D eigenvalue weighted by Gasteiger charge is -2.34. The molecule has 1 saturated heterocycles. The summed E-state index contributed by atoms with van der Waals surface area (Å²) in [4.78, 5) is 19.0. The lowest BCUT2D eigenvalue weighted by atomic mass is 10.00. The number of likely N-dealkylation sites (tertiary alicyclic amines) is 1. The predicted octanol–water partition coefficient (Wildman–Crippen LogP) is 4.61. The highest BCUT2D eigenvalue weighted by Gasteiger charge is 2.30. The number of ether oxygens (including phenoxy) is 1. The van der Waals surface area contributed by atoms with E-state index in [0.717, 1.165) is 42.8 Å². The largest absolute Gasteiger partial charge is 0.457 e. The summed E-state index contributed by atoms with van der Waals surface area (Å²) in [5, 5.41) is 1.63. The second kappa shape index (κ2) is 7.35. The average Bonchev–Trinajstić information content (AvgIpc) is 2.60. The predicted molar refractivity (Wildman–Crippen MR) is 94.7 cm³/mol. The van der Waals surface area contributed by atoms with Crippen LogP contribution in [-0.2, 0) is 24.0 Å². The molecule has 8 heteroatoms. The Bertz CT molecular complexity index is 864. The molecule has 5 nitrogen and oxygen atoms in total. The van der Waals surface area contributed by atoms with Crippen molar-refractivity contribution in [3.8, 4) is 11.5 Å². The van der Waals surface area contributed by atoms with Crippen molar-refractivity contribution in [1.82, 2.24) is 9.96 Å². The lowest BCUT2D eigenvalue weighted by Crippen LogP contribution is -2.45. The van der Waals surface area contributed by atoms with Crippen molar-refractivity contribution in [2.24, 2.45) is 0 Å². The van der Waals surface area contributed by atoms with Gasteiger partial charge in [0, 0.05) is 25.2 Å². The smallest absolute Gasteiger partial charge is 0.428 e. The number of hydroxylamine groups is 2. The van der Waals surface area contributed by atoms with Crippen molar-refractivity contribution < 1.29 is 27.5 Å². The van der Waals surface area contributed by atoms with Crippen molar-refractivity contribution >= 4 is 6.09 Å². The number of amides is 1. The Morgan fingerprint density at radius 1 is 1.00 bits per heavy atom. The van der Waals surface area contributed by atoms with E-state index in [9.17, 15) is 18.0 Å². The molecule has 0 bridgehead atoms. The van der Waals surface area contributed by atoms with E-state index in [1.165, 1.54) is 12.1 Å². The minimum atomic E-state index is -4.37. The van der Waals surface area contributed by atoms with Gasteiger partial charge in [0.05, 0.1) is 12.1 Å². The molecule has 0 N–H and O–H groups in total. The van der Waals surface area contributed by atoms with Gasteiger partial charge in [-0.15, -0.1) is 5.06 Å². The van der Waals surface area contributed by atoms with Gasteiger partial charge in [-0.25, -0.2) is 4.79 Å². The van der Waals surface area contributed by atoms with E-state index < -0.39 is 11.7 Å². The van der Waals surface area contributed by atoms with Gasteiger partial charge in [0.1, 0.15) is 11.5 Å². The fourth-order valence-corrected chi connectivity index (χ4v) is 3.23. The first-order valence-corrected chi connectivity index (χ1v) is 9.08. The molecule has 4 rings (SSSR count). The van der Waals surface area contributed by atoms with Crippen LogP contribution in [0.15, 0.2) is 42.5 Å². The molecule has 148 valence electrons. The number of alkyl halides is 3. The third-order valence-corrected chi connectivity index (χ3v) is 4.92. The van der Waals surface area contributed by atoms with Crippen molar-refractivity contribution in [2.45, 2.75) is 25.6 Å². The van der Waals surface area contributed by atoms with Crippen LogP contribution in [0.25, 0.3) is 0 Å². The molecular formula is C20H19F3N2O3. The van der Waals surface area contributed by atoms with Gasteiger partial charge < -0.3 is 14.5 Å². The topological polar surface area (TPSA) is 42.0 Å². The maximum atomic E-state index is 12.7. The fourth-order valence-electron chi connectivity index (χ4n) is 3.23. The zero-order valence-electron chi connectivity index (χ0n) is 15.0. The Labute approximate surface area is 160 Å². The maximum Gasteiger partial charge on any atom is 0.428 e. The highest BCUT2D eigenvalue weighted by molar-refractivity contribution is 5.68. The average molecular weight is 392 g/mol. The molecule has 0 aliphatic carbocycles. The first-order chi connectivity index (χ1) is 13.4. The quantitative estimate of drug-likeness (QED) is 0.765. The van der Waals surface area contributed by atoms with Gasteiger partial charge in [0.2, 0.25) is 0 Å². The second-order valence-corrected chi connectivity index (χ2v) is 6.83. The summed E-state index contributed by atoms with van der Waals surface area (Å²) < 4.78 is 43.9. The summed E-state index contributed by atoms with van der Waals surface area (Å²) in [5.74, 6) is 0.944. The second-order valence-electron chi connectivity index (χ2n) is 6.83. The Balaban J connectivity index is 1.44. The third-order valence-electron chi connectivity index (χ3n) is 4.92. The molecule has 2 aromatic carbocycles. The van der Waals surface area contributed by atoms with E-state index in [4.69, 9.17) is 9.57 Å². The van der Waals surface area contributed by atoms with Crippen LogP contribution in [0, 0.1) is 0 Å². The SMILES string of the molecule is O=C(ON1CCc2c(cccc2Oc2ccc(C(F)(F)F)cc2)C1)N1CCC1. The van der Waals surface area contributed by atoms with Crippen molar-refractivity contribution in [1.29, 1.82) is 0 Å². The highest BCUT2D eigenvalue weighted by Crippen LogP contribution is 2.34. The van der Waals surface area contributed by atoms with Gasteiger partial charge in [0.15, 0.2) is 0 Å². The summed E-state index contributed by atoms with van der Waals surface area (Å²) in [6.45, 7) is 2.43. The highest BCUT2D eigenvalue weighted by atomic mass is 19.4. The monoisotopic (exact) mass is 392 g/mol. The van der Waals surface area contributed by atoms with Gasteiger partial charge in [-0.05, 0) is 48.7 Å². The molecule has 2 aromatic rings. The summed E-state index contributed by atoms with van der Waals surface area (Å²) in [6, 6.07) is 10.2. The number of nitrogens with zero attached hydrogens (tertiary/aromatic N) is 2. The van der Waals surface area contributed by atoms with E-state index in [1.54, 1.807) is 16.0 Å². The van der Waals surface area contributed by atoms with E-state index in [-0.39, 0.29) is 6.09 Å². The maximum absolute atomic E-state index is 12.7. The molecule has 2 aliphatic heterocycles. The molecule has 0 spiro atoms. The number of carbonyl (C=O) groups excluding carboxylic acids is 1. The summed E-state index contributed by atoms with van der Waals surface area (Å²) in [6.07, 6.45) is -3.09. The first kappa shape index (κ1) is 18.6. The van der Waals surface area contributed by atoms with Gasteiger partial charge in [-0.3, -0.25) is 0 Å². The molecule has 0 aromatic heterocycles. The summed E-state index contributed by atoms with van der Waals surface area (Å²) in [5.41, 5.74) is 1.22. The number of hydrogen-bond acceptors (Lipinski definition) is 4. The van der Waals surface area contributed by atoms with Crippen molar-refractivity contribution in [3.63, 3.8) is 0 Å². The minimum absolute atomic E-state index is 0.327. The molecular weight excluding hydrogens is 373 g/mol. The number of halogens is 3. The van der Waals surface area contributed by atoms with E-state index in [1.807, 2.05) is 12.1 Å². The van der Waals surface area contributed by atoms with Crippen LogP contribution in [0.2, 0.25) is 0 Å². The molecule has 28 heavy (non-hydrogen) atoms. The van der Waals surface area contributed by atoms with Crippen LogP contribution < -0.4 is 4.74 Å². The van der Waals surface area contributed by atoms with E-state index in [2.05, 4.69) is 0 Å². The lowest BCUT2D eigenvalue weighted by molar-refractivity contribution is -0.137. The van der Waals surface area contributed by atoms with Crippen LogP contribution in [0.1, 0.15) is 23.1 Å². The van der Waals surface area contributed by atoms with E-state index in [0.29, 0.717) is 31.0 Å². The zero-order valence-corrected chi connectivity index (χ0v) is 15.0. The van der Waals surface area contributed by atoms with Gasteiger partial charge in [-0.1, -0.05) is 12.1 Å². The normalized spacial score (nSPS) is 16.9. The van der Waals surface area contributed by atoms with Crippen molar-refractivity contribution in [2.75, 3.05) is 19.6 Å². The van der Waals surface area contributed by atoms with Crippen LogP contribution in [0.5, 0.6) is 11.5 Å². The van der Waals surface area contributed by atoms with Gasteiger partial charge >= 0.3 is 12.3 Å². The molecule has 0 unspecified atom stereocenters. The molecule has 2 heterocycles. The van der Waals surface area contributed by atoms with Crippen LogP contribution in [-0.4, -0.2) is 35.7 Å². The standard InChI is InChI=1S/C20H19F3N2O3/c21-20(22,23)15-5-7-16(8-6-15)27-18-4-1-3-14-13-25(12-9-17(14)18)28-19(26)24-10-2-11-24/h1,3-8H,2,9-13H2. The fraction of sp³-hybridized carbons (Fsp3) is 0.350. The van der Waals surface area contributed by atoms with Gasteiger partial charge in [-0.2, -0.15) is 13.2 Å². The van der Waals surface area contributed by atoms with Gasteiger partial charge in [0.25, 0.3) is 0 Å². The Hall–Kier alpha value is -2.74. The Morgan fingerprint density at radius 2 is 1.75 bits per heavy atom. The Morgan fingerprint density at radius 3 is 2.39 bits per heavy atom. The molecule has 1 amide bonds. The Kier molecular flexibility index (Phi) is 4.89. The third kappa shape index (κ3) is 3.91. The zero-order chi connectivity index (χ0) is 19.7. The number of benzene rings is 2.